The van der Waals surface area contributed by atoms with Gasteiger partial charge in [-0.3, -0.25) is 4.90 Å². The summed E-state index contributed by atoms with van der Waals surface area (Å²) >= 11 is 0. The van der Waals surface area contributed by atoms with Crippen molar-refractivity contribution in [2.45, 2.75) is 19.4 Å². The summed E-state index contributed by atoms with van der Waals surface area (Å²) in [4.78, 5) is 5.12. The van der Waals surface area contributed by atoms with Crippen LogP contribution >= 0.6 is 0 Å². The van der Waals surface area contributed by atoms with Gasteiger partial charge in [-0.05, 0) is 26.4 Å². The molecule has 0 aliphatic carbocycles. The van der Waals surface area contributed by atoms with Gasteiger partial charge in [0.25, 0.3) is 0 Å². The van der Waals surface area contributed by atoms with Gasteiger partial charge in [-0.1, -0.05) is 0 Å². The van der Waals surface area contributed by atoms with Crippen LogP contribution in [0.4, 0.5) is 0 Å². The van der Waals surface area contributed by atoms with E-state index in [0.717, 1.165) is 26.3 Å². The molecule has 0 aromatic rings. The van der Waals surface area contributed by atoms with Crippen molar-refractivity contribution < 1.29 is 4.74 Å². The van der Waals surface area contributed by atoms with E-state index in [4.69, 9.17) is 4.74 Å². The van der Waals surface area contributed by atoms with Gasteiger partial charge in [-0.25, -0.2) is 0 Å². The fraction of sp³-hybridized carbons (Fsp3) is 1.00. The predicted octanol–water partition coefficient (Wildman–Crippen LogP) is 0.00240. The van der Waals surface area contributed by atoms with Crippen molar-refractivity contribution in [3.63, 3.8) is 0 Å². The summed E-state index contributed by atoms with van der Waals surface area (Å²) in [5.74, 6) is 0. The molecule has 2 aliphatic heterocycles. The summed E-state index contributed by atoms with van der Waals surface area (Å²) in [5.41, 5.74) is 0. The van der Waals surface area contributed by atoms with Gasteiger partial charge in [0.1, 0.15) is 0 Å². The van der Waals surface area contributed by atoms with Crippen LogP contribution in [0, 0.1) is 0 Å². The number of hydrogen-bond acceptors (Lipinski definition) is 4. The van der Waals surface area contributed by atoms with Crippen LogP contribution in [0.1, 0.15) is 13.3 Å². The van der Waals surface area contributed by atoms with E-state index >= 15 is 0 Å². The Morgan fingerprint density at radius 3 is 2.69 bits per heavy atom. The highest BCUT2D eigenvalue weighted by molar-refractivity contribution is 4.74. The Bertz CT molecular complexity index is 195. The van der Waals surface area contributed by atoms with Crippen LogP contribution in [0.15, 0.2) is 0 Å². The molecule has 2 aliphatic rings. The average Bonchev–Trinajstić information content (AvgIpc) is 2.52. The van der Waals surface area contributed by atoms with E-state index < -0.39 is 0 Å². The fourth-order valence-corrected chi connectivity index (χ4v) is 2.50. The maximum Gasteiger partial charge on any atom is 0.0594 e. The zero-order valence-electron chi connectivity index (χ0n) is 10.5. The second-order valence-corrected chi connectivity index (χ2v) is 4.96. The fourth-order valence-electron chi connectivity index (χ4n) is 2.50. The first-order valence-corrected chi connectivity index (χ1v) is 6.60. The molecular formula is C12H25N3O. The van der Waals surface area contributed by atoms with Gasteiger partial charge in [-0.2, -0.15) is 0 Å². The van der Waals surface area contributed by atoms with E-state index in [1.165, 1.54) is 39.1 Å². The Morgan fingerprint density at radius 1 is 1.12 bits per heavy atom. The molecule has 0 saturated carbocycles. The molecule has 4 nitrogen and oxygen atoms in total. The van der Waals surface area contributed by atoms with E-state index in [1.807, 2.05) is 0 Å². The predicted molar refractivity (Wildman–Crippen MR) is 65.8 cm³/mol. The van der Waals surface area contributed by atoms with E-state index in [0.29, 0.717) is 6.04 Å². The molecule has 2 heterocycles. The Hall–Kier alpha value is -0.160. The molecule has 4 heteroatoms. The summed E-state index contributed by atoms with van der Waals surface area (Å²) in [7, 11) is 0. The Morgan fingerprint density at radius 2 is 1.88 bits per heavy atom. The first kappa shape index (κ1) is 12.3. The van der Waals surface area contributed by atoms with Crippen LogP contribution in [-0.2, 0) is 4.74 Å². The van der Waals surface area contributed by atoms with Gasteiger partial charge in [0.05, 0.1) is 13.2 Å². The molecule has 1 atom stereocenters. The Labute approximate surface area is 98.9 Å². The van der Waals surface area contributed by atoms with Crippen LogP contribution in [0.3, 0.4) is 0 Å². The van der Waals surface area contributed by atoms with Crippen LogP contribution in [0.5, 0.6) is 0 Å². The van der Waals surface area contributed by atoms with Crippen molar-refractivity contribution in [2.75, 3.05) is 59.0 Å². The highest BCUT2D eigenvalue weighted by Crippen LogP contribution is 2.02. The number of morpholine rings is 1. The third kappa shape index (κ3) is 4.01. The second-order valence-electron chi connectivity index (χ2n) is 4.96. The summed E-state index contributed by atoms with van der Waals surface area (Å²) in [5, 5.41) is 3.54. The quantitative estimate of drug-likeness (QED) is 0.735. The third-order valence-corrected chi connectivity index (χ3v) is 3.51. The Kier molecular flexibility index (Phi) is 5.03. The van der Waals surface area contributed by atoms with E-state index in [9.17, 15) is 0 Å². The normalized spacial score (nSPS) is 30.2. The first-order chi connectivity index (χ1) is 7.84. The summed E-state index contributed by atoms with van der Waals surface area (Å²) < 4.78 is 5.36. The Balaban J connectivity index is 1.67. The summed E-state index contributed by atoms with van der Waals surface area (Å²) in [6.45, 7) is 12.4. The SMILES string of the molecule is CC1CN(CCN2CCOCC2)CCCN1. The highest BCUT2D eigenvalue weighted by atomic mass is 16.5. The van der Waals surface area contributed by atoms with Crippen LogP contribution < -0.4 is 5.32 Å². The minimum absolute atomic E-state index is 0.646. The lowest BCUT2D eigenvalue weighted by Gasteiger charge is -2.30. The van der Waals surface area contributed by atoms with Crippen molar-refractivity contribution in [2.24, 2.45) is 0 Å². The molecule has 0 radical (unpaired) electrons. The maximum atomic E-state index is 5.36. The number of nitrogens with zero attached hydrogens (tertiary/aromatic N) is 2. The largest absolute Gasteiger partial charge is 0.379 e. The van der Waals surface area contributed by atoms with Crippen molar-refractivity contribution in [3.8, 4) is 0 Å². The van der Waals surface area contributed by atoms with Gasteiger partial charge in [0.2, 0.25) is 0 Å². The van der Waals surface area contributed by atoms with Crippen molar-refractivity contribution in [1.29, 1.82) is 0 Å². The minimum atomic E-state index is 0.646. The molecule has 0 bridgehead atoms. The number of hydrogen-bond donors (Lipinski definition) is 1. The minimum Gasteiger partial charge on any atom is -0.379 e. The lowest BCUT2D eigenvalue weighted by Crippen LogP contribution is -2.43. The number of nitrogens with one attached hydrogen (secondary N) is 1. The first-order valence-electron chi connectivity index (χ1n) is 6.60. The van der Waals surface area contributed by atoms with Crippen LogP contribution in [0.25, 0.3) is 0 Å². The third-order valence-electron chi connectivity index (χ3n) is 3.51. The molecule has 0 spiro atoms. The zero-order chi connectivity index (χ0) is 11.2. The molecule has 0 aromatic carbocycles. The standard InChI is InChI=1S/C12H25N3O/c1-12-11-15(4-2-3-13-12)6-5-14-7-9-16-10-8-14/h12-13H,2-11H2,1H3. The molecular weight excluding hydrogens is 202 g/mol. The molecule has 1 unspecified atom stereocenters. The molecule has 0 amide bonds. The molecule has 2 rings (SSSR count). The van der Waals surface area contributed by atoms with Gasteiger partial charge in [0.15, 0.2) is 0 Å². The van der Waals surface area contributed by atoms with Gasteiger partial charge >= 0.3 is 0 Å². The number of ether oxygens (including phenoxy) is 1. The van der Waals surface area contributed by atoms with Crippen LogP contribution in [0.2, 0.25) is 0 Å². The average molecular weight is 227 g/mol. The van der Waals surface area contributed by atoms with Crippen LogP contribution in [-0.4, -0.2) is 74.9 Å². The smallest absolute Gasteiger partial charge is 0.0594 e. The molecule has 1 N–H and O–H groups in total. The zero-order valence-corrected chi connectivity index (χ0v) is 10.5. The second kappa shape index (κ2) is 6.55. The molecule has 2 saturated heterocycles. The highest BCUT2D eigenvalue weighted by Gasteiger charge is 2.16. The van der Waals surface area contributed by atoms with Gasteiger partial charge in [0, 0.05) is 38.8 Å². The molecule has 94 valence electrons. The topological polar surface area (TPSA) is 27.7 Å². The molecule has 2 fully saturated rings. The van der Waals surface area contributed by atoms with Crippen molar-refractivity contribution in [1.82, 2.24) is 15.1 Å². The van der Waals surface area contributed by atoms with Gasteiger partial charge < -0.3 is 15.0 Å². The summed E-state index contributed by atoms with van der Waals surface area (Å²) in [6.07, 6.45) is 1.29. The molecule has 16 heavy (non-hydrogen) atoms. The lowest BCUT2D eigenvalue weighted by molar-refractivity contribution is 0.0333. The monoisotopic (exact) mass is 227 g/mol. The van der Waals surface area contributed by atoms with E-state index in [-0.39, 0.29) is 0 Å². The maximum absolute atomic E-state index is 5.36. The van der Waals surface area contributed by atoms with E-state index in [1.54, 1.807) is 0 Å². The lowest BCUT2D eigenvalue weighted by atomic mass is 10.3. The van der Waals surface area contributed by atoms with Crippen molar-refractivity contribution >= 4 is 0 Å². The number of rotatable bonds is 3. The summed E-state index contributed by atoms with van der Waals surface area (Å²) in [6, 6.07) is 0.646. The van der Waals surface area contributed by atoms with Crippen molar-refractivity contribution in [3.05, 3.63) is 0 Å². The van der Waals surface area contributed by atoms with E-state index in [2.05, 4.69) is 22.0 Å². The van der Waals surface area contributed by atoms with Gasteiger partial charge in [-0.15, -0.1) is 0 Å². The molecule has 0 aromatic heterocycles.